The number of nitrogens with zero attached hydrogens (tertiary/aromatic N) is 2. The normalized spacial score (nSPS) is 29.4. The van der Waals surface area contributed by atoms with E-state index >= 15 is 0 Å². The lowest BCUT2D eigenvalue weighted by molar-refractivity contribution is -0.220. The molecule has 2 rings (SSSR count). The topological polar surface area (TPSA) is 43.8 Å². The van der Waals surface area contributed by atoms with E-state index in [0.29, 0.717) is 11.3 Å². The molecule has 0 spiro atoms. The van der Waals surface area contributed by atoms with Crippen molar-refractivity contribution in [3.63, 3.8) is 0 Å². The van der Waals surface area contributed by atoms with Gasteiger partial charge in [0.15, 0.2) is 6.10 Å². The van der Waals surface area contributed by atoms with E-state index in [2.05, 4.69) is 0 Å². The summed E-state index contributed by atoms with van der Waals surface area (Å²) >= 11 is 0. The van der Waals surface area contributed by atoms with Crippen LogP contribution in [0.2, 0.25) is 0 Å². The molecule has 2 saturated heterocycles. The van der Waals surface area contributed by atoms with Crippen molar-refractivity contribution in [3.05, 3.63) is 0 Å². The van der Waals surface area contributed by atoms with E-state index in [0.717, 1.165) is 0 Å². The molecule has 1 amide bonds. The molecule has 2 fully saturated rings. The van der Waals surface area contributed by atoms with Gasteiger partial charge in [0.1, 0.15) is 6.54 Å². The molecule has 4 nitrogen and oxygen atoms in total. The third-order valence-corrected chi connectivity index (χ3v) is 4.08. The summed E-state index contributed by atoms with van der Waals surface area (Å²) in [6.07, 6.45) is -11.5. The summed E-state index contributed by atoms with van der Waals surface area (Å²) in [6.45, 7) is -1.38. The van der Waals surface area contributed by atoms with Gasteiger partial charge in [0.25, 0.3) is 0 Å². The van der Waals surface area contributed by atoms with Gasteiger partial charge in [0, 0.05) is 12.6 Å². The second-order valence-corrected chi connectivity index (χ2v) is 5.61. The number of carbonyl (C=O) groups excluding carboxylic acids is 1. The Hall–Kier alpha value is -1.03. The smallest absolute Gasteiger partial charge is 0.382 e. The first-order valence-corrected chi connectivity index (χ1v) is 6.87. The highest BCUT2D eigenvalue weighted by molar-refractivity contribution is 5.84. The van der Waals surface area contributed by atoms with Crippen LogP contribution in [-0.2, 0) is 4.79 Å². The van der Waals surface area contributed by atoms with Crippen LogP contribution < -0.4 is 0 Å². The van der Waals surface area contributed by atoms with Crippen molar-refractivity contribution in [1.29, 1.82) is 0 Å². The lowest BCUT2D eigenvalue weighted by Gasteiger charge is -2.33. The van der Waals surface area contributed by atoms with Gasteiger partial charge in [-0.25, -0.2) is 0 Å². The largest absolute Gasteiger partial charge is 0.415 e. The number of hydrogen-bond acceptors (Lipinski definition) is 3. The van der Waals surface area contributed by atoms with Crippen molar-refractivity contribution in [3.8, 4) is 0 Å². The van der Waals surface area contributed by atoms with E-state index in [1.807, 2.05) is 0 Å². The van der Waals surface area contributed by atoms with Gasteiger partial charge in [0.2, 0.25) is 5.91 Å². The number of aliphatic hydroxyl groups is 1. The van der Waals surface area contributed by atoms with Crippen LogP contribution in [0.4, 0.5) is 26.3 Å². The Kier molecular flexibility index (Phi) is 4.63. The number of hydrogen-bond donors (Lipinski definition) is 1. The molecule has 10 heteroatoms. The molecule has 2 aliphatic rings. The van der Waals surface area contributed by atoms with E-state index < -0.39 is 43.0 Å². The van der Waals surface area contributed by atoms with Crippen LogP contribution in [0.5, 0.6) is 0 Å². The van der Waals surface area contributed by atoms with Gasteiger partial charge < -0.3 is 10.0 Å². The summed E-state index contributed by atoms with van der Waals surface area (Å²) in [4.78, 5) is 13.8. The minimum Gasteiger partial charge on any atom is -0.382 e. The molecule has 0 radical (unpaired) electrons. The van der Waals surface area contributed by atoms with Crippen molar-refractivity contribution in [2.45, 2.75) is 49.8 Å². The summed E-state index contributed by atoms with van der Waals surface area (Å²) in [5, 5.41) is 9.38. The predicted octanol–water partition coefficient (Wildman–Crippen LogP) is 1.54. The van der Waals surface area contributed by atoms with Gasteiger partial charge in [-0.1, -0.05) is 0 Å². The average molecular weight is 334 g/mol. The third-order valence-electron chi connectivity index (χ3n) is 4.08. The van der Waals surface area contributed by atoms with Crippen LogP contribution in [0.1, 0.15) is 19.3 Å². The number of carbonyl (C=O) groups is 1. The SMILES string of the molecule is O=C1[C@H](N2CCC[C@H]2[C@H](O)C(F)(F)F)CCN1CC(F)(F)F. The van der Waals surface area contributed by atoms with Crippen LogP contribution >= 0.6 is 0 Å². The fraction of sp³-hybridized carbons (Fsp3) is 0.917. The number of alkyl halides is 6. The van der Waals surface area contributed by atoms with E-state index in [4.69, 9.17) is 0 Å². The molecular formula is C12H16F6N2O2. The number of rotatable bonds is 3. The maximum absolute atomic E-state index is 12.6. The zero-order chi connectivity index (χ0) is 16.7. The van der Waals surface area contributed by atoms with Crippen LogP contribution in [-0.4, -0.2) is 71.0 Å². The van der Waals surface area contributed by atoms with Gasteiger partial charge in [-0.3, -0.25) is 9.69 Å². The lowest BCUT2D eigenvalue weighted by atomic mass is 10.1. The zero-order valence-corrected chi connectivity index (χ0v) is 11.5. The van der Waals surface area contributed by atoms with E-state index in [9.17, 15) is 36.2 Å². The minimum absolute atomic E-state index is 0.0377. The fourth-order valence-corrected chi connectivity index (χ4v) is 3.16. The second kappa shape index (κ2) is 5.88. The molecule has 2 heterocycles. The van der Waals surface area contributed by atoms with Crippen molar-refractivity contribution < 1.29 is 36.2 Å². The molecule has 2 aliphatic heterocycles. The fourth-order valence-electron chi connectivity index (χ4n) is 3.16. The van der Waals surface area contributed by atoms with Crippen molar-refractivity contribution >= 4 is 5.91 Å². The maximum Gasteiger partial charge on any atom is 0.415 e. The Morgan fingerprint density at radius 1 is 1.14 bits per heavy atom. The monoisotopic (exact) mass is 334 g/mol. The Bertz CT molecular complexity index is 425. The summed E-state index contributed by atoms with van der Waals surface area (Å²) in [6, 6.07) is -2.30. The highest BCUT2D eigenvalue weighted by Gasteiger charge is 2.51. The van der Waals surface area contributed by atoms with Gasteiger partial charge in [-0.05, 0) is 25.8 Å². The standard InChI is InChI=1S/C12H16F6N2O2/c13-11(14,15)6-19-5-3-8(10(19)22)20-4-1-2-7(20)9(21)12(16,17)18/h7-9,21H,1-6H2/t7-,8+,9-/m0/s1. The average Bonchev–Trinajstić information content (AvgIpc) is 2.93. The number of amides is 1. The molecule has 1 N–H and O–H groups in total. The van der Waals surface area contributed by atoms with Gasteiger partial charge in [-0.15, -0.1) is 0 Å². The Morgan fingerprint density at radius 3 is 2.32 bits per heavy atom. The maximum atomic E-state index is 12.6. The highest BCUT2D eigenvalue weighted by Crippen LogP contribution is 2.34. The first kappa shape index (κ1) is 17.3. The molecular weight excluding hydrogens is 318 g/mol. The molecule has 22 heavy (non-hydrogen) atoms. The Balaban J connectivity index is 2.07. The van der Waals surface area contributed by atoms with Gasteiger partial charge >= 0.3 is 12.4 Å². The first-order chi connectivity index (χ1) is 10.0. The van der Waals surface area contributed by atoms with Crippen LogP contribution in [0.15, 0.2) is 0 Å². The molecule has 0 aromatic carbocycles. The lowest BCUT2D eigenvalue weighted by Crippen LogP contribution is -2.53. The van der Waals surface area contributed by atoms with Crippen molar-refractivity contribution in [2.24, 2.45) is 0 Å². The molecule has 0 aliphatic carbocycles. The van der Waals surface area contributed by atoms with Crippen LogP contribution in [0, 0.1) is 0 Å². The summed E-state index contributed by atoms with van der Waals surface area (Å²) in [5.41, 5.74) is 0. The van der Waals surface area contributed by atoms with Crippen molar-refractivity contribution in [1.82, 2.24) is 9.80 Å². The van der Waals surface area contributed by atoms with Crippen molar-refractivity contribution in [2.75, 3.05) is 19.6 Å². The van der Waals surface area contributed by atoms with E-state index in [-0.39, 0.29) is 25.9 Å². The van der Waals surface area contributed by atoms with E-state index in [1.165, 1.54) is 4.90 Å². The van der Waals surface area contributed by atoms with Gasteiger partial charge in [-0.2, -0.15) is 26.3 Å². The molecule has 128 valence electrons. The van der Waals surface area contributed by atoms with Crippen LogP contribution in [0.25, 0.3) is 0 Å². The number of likely N-dealkylation sites (tertiary alicyclic amines) is 2. The van der Waals surface area contributed by atoms with E-state index in [1.54, 1.807) is 0 Å². The Labute approximate surface area is 122 Å². The second-order valence-electron chi connectivity index (χ2n) is 5.61. The molecule has 0 bridgehead atoms. The third kappa shape index (κ3) is 3.65. The first-order valence-electron chi connectivity index (χ1n) is 6.87. The molecule has 0 saturated carbocycles. The highest BCUT2D eigenvalue weighted by atomic mass is 19.4. The Morgan fingerprint density at radius 2 is 1.77 bits per heavy atom. The molecule has 3 atom stereocenters. The zero-order valence-electron chi connectivity index (χ0n) is 11.5. The molecule has 0 aromatic heterocycles. The summed E-state index contributed by atoms with van der Waals surface area (Å²) in [5.74, 6) is -0.821. The van der Waals surface area contributed by atoms with Crippen LogP contribution in [0.3, 0.4) is 0 Å². The quantitative estimate of drug-likeness (QED) is 0.797. The number of halogens is 6. The molecule has 0 aromatic rings. The number of aliphatic hydroxyl groups excluding tert-OH is 1. The summed E-state index contributed by atoms with van der Waals surface area (Å²) in [7, 11) is 0. The predicted molar refractivity (Wildman–Crippen MR) is 62.8 cm³/mol. The minimum atomic E-state index is -4.82. The van der Waals surface area contributed by atoms with Gasteiger partial charge in [0.05, 0.1) is 6.04 Å². The summed E-state index contributed by atoms with van der Waals surface area (Å²) < 4.78 is 75.0. The molecule has 0 unspecified atom stereocenters.